The number of carbonyl (C=O) groups is 1. The lowest BCUT2D eigenvalue weighted by Crippen LogP contribution is -2.21. The van der Waals surface area contributed by atoms with Gasteiger partial charge in [-0.1, -0.05) is 56.9 Å². The van der Waals surface area contributed by atoms with Gasteiger partial charge in [-0.3, -0.25) is 4.79 Å². The van der Waals surface area contributed by atoms with Crippen molar-refractivity contribution in [3.8, 4) is 5.75 Å². The minimum atomic E-state index is -0.410. The van der Waals surface area contributed by atoms with E-state index in [0.717, 1.165) is 47.2 Å². The minimum absolute atomic E-state index is 0.0793. The first-order chi connectivity index (χ1) is 13.5. The fourth-order valence-electron chi connectivity index (χ4n) is 2.74. The largest absolute Gasteiger partial charge is 0.493 e. The van der Waals surface area contributed by atoms with E-state index < -0.39 is 5.63 Å². The van der Waals surface area contributed by atoms with E-state index in [1.807, 2.05) is 18.2 Å². The summed E-state index contributed by atoms with van der Waals surface area (Å²) in [6.45, 7) is 6.47. The molecule has 0 N–H and O–H groups in total. The molecular formula is C20H25I2NO4S. The summed E-state index contributed by atoms with van der Waals surface area (Å²) in [5.74, 6) is 1.35. The summed E-state index contributed by atoms with van der Waals surface area (Å²) >= 11 is 5.81. The van der Waals surface area contributed by atoms with Gasteiger partial charge in [-0.25, -0.2) is 4.79 Å². The number of rotatable bonds is 11. The third-order valence-electron chi connectivity index (χ3n) is 4.25. The Balaban J connectivity index is 1.95. The average Bonchev–Trinajstić information content (AvgIpc) is 2.70. The standard InChI is InChI=1S/C20H25I2NO4S/c1-3-23(4-2)14-7-8-15-17(12-19(24)27-18(15)11-14)26-9-5-6-10-28-20(25)16(22)13-21/h7-8,11-12,16H,3-6,9-10,13H2,1-2H3. The third kappa shape index (κ3) is 6.79. The average molecular weight is 629 g/mol. The fourth-order valence-corrected chi connectivity index (χ4v) is 4.79. The molecule has 1 heterocycles. The van der Waals surface area contributed by atoms with Crippen molar-refractivity contribution in [2.24, 2.45) is 0 Å². The van der Waals surface area contributed by atoms with Gasteiger partial charge in [-0.05, 0) is 38.8 Å². The zero-order valence-corrected chi connectivity index (χ0v) is 21.2. The van der Waals surface area contributed by atoms with Crippen LogP contribution in [0.5, 0.6) is 5.75 Å². The lowest BCUT2D eigenvalue weighted by molar-refractivity contribution is -0.109. The van der Waals surface area contributed by atoms with Crippen LogP contribution in [0.4, 0.5) is 5.69 Å². The maximum absolute atomic E-state index is 11.9. The quantitative estimate of drug-likeness (QED) is 0.146. The summed E-state index contributed by atoms with van der Waals surface area (Å²) in [7, 11) is 0. The van der Waals surface area contributed by atoms with E-state index in [9.17, 15) is 9.59 Å². The highest BCUT2D eigenvalue weighted by Gasteiger charge is 2.13. The topological polar surface area (TPSA) is 59.8 Å². The minimum Gasteiger partial charge on any atom is -0.493 e. The molecule has 1 unspecified atom stereocenters. The molecule has 1 aromatic heterocycles. The Hall–Kier alpha value is -0.490. The number of thioether (sulfide) groups is 1. The van der Waals surface area contributed by atoms with Gasteiger partial charge in [-0.2, -0.15) is 0 Å². The number of nitrogens with zero attached hydrogens (tertiary/aromatic N) is 1. The third-order valence-corrected chi connectivity index (χ3v) is 9.31. The SMILES string of the molecule is CCN(CC)c1ccc2c(OCCCCSC(=O)C(I)CI)cc(=O)oc2c1. The molecule has 5 nitrogen and oxygen atoms in total. The number of ether oxygens (including phenoxy) is 1. The van der Waals surface area contributed by atoms with Crippen LogP contribution in [0.2, 0.25) is 0 Å². The van der Waals surface area contributed by atoms with Gasteiger partial charge in [0.25, 0.3) is 0 Å². The van der Waals surface area contributed by atoms with Crippen LogP contribution in [0.3, 0.4) is 0 Å². The number of benzene rings is 1. The van der Waals surface area contributed by atoms with Crippen molar-refractivity contribution < 1.29 is 13.9 Å². The van der Waals surface area contributed by atoms with Crippen molar-refractivity contribution in [3.63, 3.8) is 0 Å². The highest BCUT2D eigenvalue weighted by molar-refractivity contribution is 14.1. The van der Waals surface area contributed by atoms with Crippen LogP contribution in [0.25, 0.3) is 11.0 Å². The van der Waals surface area contributed by atoms with E-state index >= 15 is 0 Å². The number of unbranched alkanes of at least 4 members (excludes halogenated alkanes) is 1. The first-order valence-corrected chi connectivity index (χ1v) is 13.1. The monoisotopic (exact) mass is 629 g/mol. The Labute approximate surface area is 197 Å². The molecule has 154 valence electrons. The van der Waals surface area contributed by atoms with E-state index in [1.165, 1.54) is 17.8 Å². The van der Waals surface area contributed by atoms with Gasteiger partial charge in [0.2, 0.25) is 5.12 Å². The second-order valence-electron chi connectivity index (χ2n) is 6.13. The van der Waals surface area contributed by atoms with Gasteiger partial charge in [0, 0.05) is 35.0 Å². The molecule has 1 atom stereocenters. The summed E-state index contributed by atoms with van der Waals surface area (Å²) in [6.07, 6.45) is 1.72. The summed E-state index contributed by atoms with van der Waals surface area (Å²) < 4.78 is 12.2. The van der Waals surface area contributed by atoms with E-state index in [1.54, 1.807) is 0 Å². The van der Waals surface area contributed by atoms with Gasteiger partial charge >= 0.3 is 5.63 Å². The van der Waals surface area contributed by atoms with Crippen LogP contribution in [0.1, 0.15) is 26.7 Å². The molecule has 0 fully saturated rings. The summed E-state index contributed by atoms with van der Waals surface area (Å²) in [5, 5.41) is 1.04. The number of carbonyl (C=O) groups excluding carboxylic acids is 1. The number of anilines is 1. The van der Waals surface area contributed by atoms with Gasteiger partial charge in [0.15, 0.2) is 0 Å². The van der Waals surface area contributed by atoms with Crippen molar-refractivity contribution in [1.29, 1.82) is 0 Å². The molecule has 28 heavy (non-hydrogen) atoms. The van der Waals surface area contributed by atoms with Gasteiger partial charge in [0.1, 0.15) is 11.3 Å². The molecular weight excluding hydrogens is 604 g/mol. The maximum Gasteiger partial charge on any atom is 0.339 e. The Bertz CT molecular complexity index is 839. The Morgan fingerprint density at radius 1 is 1.25 bits per heavy atom. The van der Waals surface area contributed by atoms with E-state index in [-0.39, 0.29) is 9.04 Å². The van der Waals surface area contributed by atoms with Crippen LogP contribution in [0.15, 0.2) is 33.5 Å². The van der Waals surface area contributed by atoms with Crippen LogP contribution < -0.4 is 15.3 Å². The normalized spacial score (nSPS) is 12.1. The first kappa shape index (κ1) is 23.8. The van der Waals surface area contributed by atoms with E-state index in [2.05, 4.69) is 63.9 Å². The van der Waals surface area contributed by atoms with Gasteiger partial charge in [0.05, 0.1) is 22.0 Å². The molecule has 0 saturated heterocycles. The molecule has 0 saturated carbocycles. The van der Waals surface area contributed by atoms with Crippen molar-refractivity contribution >= 4 is 78.7 Å². The molecule has 1 aromatic carbocycles. The first-order valence-electron chi connectivity index (χ1n) is 9.32. The summed E-state index contributed by atoms with van der Waals surface area (Å²) in [5.41, 5.74) is 1.16. The smallest absolute Gasteiger partial charge is 0.339 e. The molecule has 0 spiro atoms. The molecule has 2 rings (SSSR count). The molecule has 0 amide bonds. The van der Waals surface area contributed by atoms with Crippen LogP contribution in [-0.2, 0) is 4.79 Å². The molecule has 0 bridgehead atoms. The van der Waals surface area contributed by atoms with Crippen molar-refractivity contribution in [1.82, 2.24) is 0 Å². The van der Waals surface area contributed by atoms with Crippen molar-refractivity contribution in [3.05, 3.63) is 34.7 Å². The van der Waals surface area contributed by atoms with Crippen molar-refractivity contribution in [2.75, 3.05) is 34.8 Å². The highest BCUT2D eigenvalue weighted by Crippen LogP contribution is 2.28. The maximum atomic E-state index is 11.9. The lowest BCUT2D eigenvalue weighted by atomic mass is 10.2. The molecule has 0 aliphatic carbocycles. The Morgan fingerprint density at radius 2 is 2.00 bits per heavy atom. The van der Waals surface area contributed by atoms with Crippen LogP contribution in [-0.4, -0.2) is 38.9 Å². The zero-order valence-electron chi connectivity index (χ0n) is 16.1. The second kappa shape index (κ2) is 12.3. The number of halogens is 2. The fraction of sp³-hybridized carbons (Fsp3) is 0.500. The van der Waals surface area contributed by atoms with E-state index in [4.69, 9.17) is 9.15 Å². The summed E-state index contributed by atoms with van der Waals surface area (Å²) in [4.78, 5) is 25.9. The zero-order chi connectivity index (χ0) is 20.5. The lowest BCUT2D eigenvalue weighted by Gasteiger charge is -2.21. The van der Waals surface area contributed by atoms with Gasteiger partial charge < -0.3 is 14.1 Å². The number of hydrogen-bond donors (Lipinski definition) is 0. The number of hydrogen-bond acceptors (Lipinski definition) is 6. The Morgan fingerprint density at radius 3 is 2.68 bits per heavy atom. The molecule has 8 heteroatoms. The predicted octanol–water partition coefficient (Wildman–Crippen LogP) is 5.30. The second-order valence-corrected chi connectivity index (χ2v) is 9.61. The van der Waals surface area contributed by atoms with Crippen LogP contribution in [0, 0.1) is 0 Å². The Kier molecular flexibility index (Phi) is 10.4. The van der Waals surface area contributed by atoms with E-state index in [0.29, 0.717) is 17.9 Å². The molecule has 0 aliphatic heterocycles. The van der Waals surface area contributed by atoms with Crippen LogP contribution >= 0.6 is 56.9 Å². The van der Waals surface area contributed by atoms with Gasteiger partial charge in [-0.15, -0.1) is 0 Å². The molecule has 0 radical (unpaired) electrons. The molecule has 0 aliphatic rings. The predicted molar refractivity (Wildman–Crippen MR) is 135 cm³/mol. The summed E-state index contributed by atoms with van der Waals surface area (Å²) in [6, 6.07) is 7.27. The number of fused-ring (bicyclic) bond motifs is 1. The number of alkyl halides is 2. The highest BCUT2D eigenvalue weighted by atomic mass is 127. The molecule has 2 aromatic rings. The van der Waals surface area contributed by atoms with Crippen molar-refractivity contribution in [2.45, 2.75) is 30.6 Å².